The second-order valence-electron chi connectivity index (χ2n) is 10.6. The summed E-state index contributed by atoms with van der Waals surface area (Å²) in [6, 6.07) is 23.8. The van der Waals surface area contributed by atoms with Crippen LogP contribution in [0.25, 0.3) is 11.1 Å². The molecule has 0 spiro atoms. The van der Waals surface area contributed by atoms with Gasteiger partial charge in [-0.2, -0.15) is 0 Å². The van der Waals surface area contributed by atoms with Crippen LogP contribution in [-0.4, -0.2) is 19.5 Å². The molecule has 0 aliphatic rings. The van der Waals surface area contributed by atoms with Crippen molar-refractivity contribution in [2.24, 2.45) is 0 Å². The standard InChI is InChI=1S/C20H23NO2P2.C7H8O.C7H12O.C4H5N.C2H6/c1-13-9-15(3)19(22-24)17(11-13)18-12-14(2)10-16(4)20(18)23-25-21-7-5-6-8-21;1-6-4-2-3-5-7(6)8;1-4-6(3)7(8)5-2;1-2-4-5-3-1;1-2/h5-12,25H,24H2,1-4H3;2-5,8H,1H3;4-5,8H,1-3H3;1-5H;1-2H3/b;;6-4-,7-5+;;. The number of hydrogen-bond donors (Lipinski definition) is 3. The highest BCUT2D eigenvalue weighted by molar-refractivity contribution is 7.30. The topological polar surface area (TPSA) is 79.6 Å². The van der Waals surface area contributed by atoms with E-state index in [-0.39, 0.29) is 8.96 Å². The number of aromatic nitrogens is 2. The van der Waals surface area contributed by atoms with Gasteiger partial charge in [0.25, 0.3) is 0 Å². The Balaban J connectivity index is 0.000000405. The first kappa shape index (κ1) is 41.8. The minimum Gasteiger partial charge on any atom is -0.508 e. The Bertz CT molecular complexity index is 1620. The van der Waals surface area contributed by atoms with Gasteiger partial charge in [-0.25, -0.2) is 0 Å². The van der Waals surface area contributed by atoms with Crippen LogP contribution in [0.4, 0.5) is 0 Å². The molecule has 5 aromatic rings. The number of aliphatic hydroxyl groups excluding tert-OH is 1. The quantitative estimate of drug-likeness (QED) is 0.0942. The molecular formula is C40H54N2O4P2. The Morgan fingerprint density at radius 1 is 0.750 bits per heavy atom. The SMILES string of the molecule is C/C=C(C)\C(O)=C/C.CC.Cc1cc(C)c(OP)c(-c2cc(C)cc(C)c2OPn2cccc2)c1.Cc1ccccc1O.c1cc[nH]c1. The lowest BCUT2D eigenvalue weighted by atomic mass is 9.95. The molecule has 0 radical (unpaired) electrons. The highest BCUT2D eigenvalue weighted by Gasteiger charge is 2.17. The van der Waals surface area contributed by atoms with Crippen molar-refractivity contribution < 1.29 is 19.3 Å². The summed E-state index contributed by atoms with van der Waals surface area (Å²) in [7, 11) is 2.57. The number of allylic oxidation sites excluding steroid dienone is 3. The third-order valence-electron chi connectivity index (χ3n) is 6.83. The summed E-state index contributed by atoms with van der Waals surface area (Å²) in [5, 5.41) is 17.8. The van der Waals surface area contributed by atoms with Crippen LogP contribution < -0.4 is 9.05 Å². The Kier molecular flexibility index (Phi) is 20.1. The van der Waals surface area contributed by atoms with Gasteiger partial charge in [0, 0.05) is 35.9 Å². The fraction of sp³-hybridized carbons (Fsp3) is 0.250. The van der Waals surface area contributed by atoms with E-state index in [0.717, 1.165) is 44.9 Å². The van der Waals surface area contributed by atoms with E-state index in [4.69, 9.17) is 19.3 Å². The minimum absolute atomic E-state index is 0.203. The third kappa shape index (κ3) is 14.3. The number of aromatic hydroxyl groups is 1. The van der Waals surface area contributed by atoms with Gasteiger partial charge in [-0.05, 0) is 137 Å². The molecule has 3 aromatic carbocycles. The molecule has 2 unspecified atom stereocenters. The molecule has 6 nitrogen and oxygen atoms in total. The van der Waals surface area contributed by atoms with Crippen molar-refractivity contribution in [3.05, 3.63) is 149 Å². The van der Waals surface area contributed by atoms with Crippen LogP contribution in [0.2, 0.25) is 0 Å². The normalized spacial score (nSPS) is 10.7. The zero-order chi connectivity index (χ0) is 36.1. The van der Waals surface area contributed by atoms with Gasteiger partial charge in [-0.15, -0.1) is 0 Å². The van der Waals surface area contributed by atoms with Crippen LogP contribution in [-0.2, 0) is 0 Å². The molecule has 48 heavy (non-hydrogen) atoms. The monoisotopic (exact) mass is 688 g/mol. The van der Waals surface area contributed by atoms with Gasteiger partial charge in [-0.1, -0.05) is 50.3 Å². The second kappa shape index (κ2) is 23.1. The molecule has 0 aliphatic carbocycles. The lowest BCUT2D eigenvalue weighted by Gasteiger charge is -2.19. The molecule has 2 heterocycles. The van der Waals surface area contributed by atoms with E-state index in [2.05, 4.69) is 66.4 Å². The molecule has 0 saturated carbocycles. The summed E-state index contributed by atoms with van der Waals surface area (Å²) < 4.78 is 13.9. The lowest BCUT2D eigenvalue weighted by molar-refractivity contribution is 0.422. The number of hydrogen-bond acceptors (Lipinski definition) is 4. The first-order valence-corrected chi connectivity index (χ1v) is 17.3. The summed E-state index contributed by atoms with van der Waals surface area (Å²) in [6.45, 7) is 19.8. The molecule has 3 N–H and O–H groups in total. The second-order valence-corrected chi connectivity index (χ2v) is 11.8. The molecule has 0 aliphatic heterocycles. The molecule has 0 amide bonds. The number of rotatable bonds is 6. The number of aryl methyl sites for hydroxylation is 5. The molecule has 0 bridgehead atoms. The Morgan fingerprint density at radius 2 is 1.27 bits per heavy atom. The van der Waals surface area contributed by atoms with Crippen LogP contribution in [0.5, 0.6) is 17.2 Å². The minimum atomic E-state index is 0.203. The summed E-state index contributed by atoms with van der Waals surface area (Å²) in [5.74, 6) is 2.51. The summed E-state index contributed by atoms with van der Waals surface area (Å²) in [6.07, 6.45) is 11.3. The molecule has 2 atom stereocenters. The maximum Gasteiger partial charge on any atom is 0.181 e. The molecule has 0 saturated heterocycles. The predicted molar refractivity (Wildman–Crippen MR) is 211 cm³/mol. The number of aliphatic hydroxyl groups is 1. The first-order chi connectivity index (χ1) is 23.0. The number of phenols is 1. The average molecular weight is 689 g/mol. The van der Waals surface area contributed by atoms with Crippen molar-refractivity contribution in [2.75, 3.05) is 0 Å². The number of aromatic amines is 1. The molecule has 258 valence electrons. The van der Waals surface area contributed by atoms with Gasteiger partial charge in [0.1, 0.15) is 23.0 Å². The zero-order valence-electron chi connectivity index (χ0n) is 30.1. The van der Waals surface area contributed by atoms with E-state index in [0.29, 0.717) is 11.5 Å². The highest BCUT2D eigenvalue weighted by Crippen LogP contribution is 2.43. The van der Waals surface area contributed by atoms with Crippen LogP contribution in [0.15, 0.2) is 121 Å². The fourth-order valence-corrected chi connectivity index (χ4v) is 5.39. The summed E-state index contributed by atoms with van der Waals surface area (Å²) in [5.41, 5.74) is 8.63. The number of para-hydroxylation sites is 1. The van der Waals surface area contributed by atoms with Crippen molar-refractivity contribution in [1.29, 1.82) is 0 Å². The summed E-state index contributed by atoms with van der Waals surface area (Å²) in [4.78, 5) is 2.86. The van der Waals surface area contributed by atoms with Gasteiger partial charge >= 0.3 is 0 Å². The van der Waals surface area contributed by atoms with Gasteiger partial charge < -0.3 is 28.6 Å². The smallest absolute Gasteiger partial charge is 0.181 e. The van der Waals surface area contributed by atoms with Gasteiger partial charge in [0.2, 0.25) is 0 Å². The van der Waals surface area contributed by atoms with Gasteiger partial charge in [0.15, 0.2) is 8.96 Å². The Labute approximate surface area is 292 Å². The molecule has 5 rings (SSSR count). The van der Waals surface area contributed by atoms with Gasteiger partial charge in [0.05, 0.1) is 9.47 Å². The highest BCUT2D eigenvalue weighted by atomic mass is 31.1. The van der Waals surface area contributed by atoms with Crippen LogP contribution in [0, 0.1) is 34.6 Å². The molecular weight excluding hydrogens is 634 g/mol. The van der Waals surface area contributed by atoms with Crippen molar-refractivity contribution in [3.63, 3.8) is 0 Å². The van der Waals surface area contributed by atoms with Crippen LogP contribution >= 0.6 is 18.4 Å². The molecule has 2 aromatic heterocycles. The maximum atomic E-state index is 8.92. The largest absolute Gasteiger partial charge is 0.508 e. The molecule has 0 fully saturated rings. The van der Waals surface area contributed by atoms with E-state index in [1.165, 1.54) is 11.1 Å². The number of phenolic OH excluding ortho intramolecular Hbond substituents is 1. The van der Waals surface area contributed by atoms with Crippen molar-refractivity contribution >= 4 is 18.4 Å². The average Bonchev–Trinajstić information content (AvgIpc) is 3.84. The number of nitrogens with zero attached hydrogens (tertiary/aromatic N) is 1. The van der Waals surface area contributed by atoms with E-state index >= 15 is 0 Å². The van der Waals surface area contributed by atoms with E-state index < -0.39 is 0 Å². The van der Waals surface area contributed by atoms with Crippen LogP contribution in [0.1, 0.15) is 62.4 Å². The molecule has 8 heteroatoms. The predicted octanol–water partition coefficient (Wildman–Crippen LogP) is 12.1. The van der Waals surface area contributed by atoms with Crippen LogP contribution in [0.3, 0.4) is 0 Å². The van der Waals surface area contributed by atoms with Gasteiger partial charge in [-0.3, -0.25) is 0 Å². The zero-order valence-corrected chi connectivity index (χ0v) is 32.3. The number of nitrogens with one attached hydrogen (secondary N) is 1. The number of H-pyrrole nitrogens is 1. The Morgan fingerprint density at radius 3 is 1.67 bits per heavy atom. The van der Waals surface area contributed by atoms with E-state index in [1.807, 2.05) is 119 Å². The third-order valence-corrected chi connectivity index (χ3v) is 7.87. The lowest BCUT2D eigenvalue weighted by Crippen LogP contribution is -1.96. The summed E-state index contributed by atoms with van der Waals surface area (Å²) >= 11 is 0. The van der Waals surface area contributed by atoms with E-state index in [9.17, 15) is 0 Å². The first-order valence-electron chi connectivity index (χ1n) is 16.0. The fourth-order valence-electron chi connectivity index (χ4n) is 4.31. The Hall–Kier alpha value is -4.24. The van der Waals surface area contributed by atoms with Crippen molar-refractivity contribution in [3.8, 4) is 28.4 Å². The van der Waals surface area contributed by atoms with E-state index in [1.54, 1.807) is 12.1 Å². The maximum absolute atomic E-state index is 8.92. The van der Waals surface area contributed by atoms with Crippen molar-refractivity contribution in [1.82, 2.24) is 9.32 Å². The number of benzene rings is 3. The van der Waals surface area contributed by atoms with Crippen molar-refractivity contribution in [2.45, 2.75) is 69.2 Å².